The smallest absolute Gasteiger partial charge is 0.178 e. The summed E-state index contributed by atoms with van der Waals surface area (Å²) >= 11 is 0. The number of allylic oxidation sites excluding steroid dienone is 2. The summed E-state index contributed by atoms with van der Waals surface area (Å²) in [6.45, 7) is 8.26. The first-order valence-corrected chi connectivity index (χ1v) is 12.7. The lowest BCUT2D eigenvalue weighted by Gasteiger charge is -2.15. The van der Waals surface area contributed by atoms with Crippen molar-refractivity contribution in [2.45, 2.75) is 38.0 Å². The summed E-state index contributed by atoms with van der Waals surface area (Å²) in [6, 6.07) is 15.5. The van der Waals surface area contributed by atoms with E-state index in [2.05, 4.69) is 39.4 Å². The van der Waals surface area contributed by atoms with Gasteiger partial charge in [0.2, 0.25) is 0 Å². The van der Waals surface area contributed by atoms with Gasteiger partial charge in [-0.2, -0.15) is 0 Å². The quantitative estimate of drug-likeness (QED) is 0.304. The van der Waals surface area contributed by atoms with Crippen LogP contribution in [0.4, 0.5) is 0 Å². The molecule has 2 aliphatic rings. The number of amidine groups is 1. The van der Waals surface area contributed by atoms with Crippen molar-refractivity contribution in [2.75, 3.05) is 0 Å². The van der Waals surface area contributed by atoms with E-state index in [1.165, 1.54) is 0 Å². The van der Waals surface area contributed by atoms with Gasteiger partial charge in [-0.15, -0.1) is 11.5 Å². The highest BCUT2D eigenvalue weighted by Gasteiger charge is 2.25. The van der Waals surface area contributed by atoms with Gasteiger partial charge in [0.25, 0.3) is 0 Å². The highest BCUT2D eigenvalue weighted by molar-refractivity contribution is 6.01. The van der Waals surface area contributed by atoms with Crippen LogP contribution in [0.25, 0.3) is 17.1 Å². The zero-order valence-electron chi connectivity index (χ0n) is 21.4. The number of benzene rings is 2. The minimum absolute atomic E-state index is 0.00104. The summed E-state index contributed by atoms with van der Waals surface area (Å²) in [5.74, 6) is 4.38. The van der Waals surface area contributed by atoms with Crippen LogP contribution in [0.2, 0.25) is 0 Å². The molecule has 1 aliphatic heterocycles. The molecule has 0 spiro atoms. The molecule has 0 saturated heterocycles. The van der Waals surface area contributed by atoms with Gasteiger partial charge >= 0.3 is 0 Å². The molecule has 1 saturated carbocycles. The second kappa shape index (κ2) is 11.7. The Bertz CT molecular complexity index is 1520. The molecule has 5 rings (SSSR count). The van der Waals surface area contributed by atoms with E-state index < -0.39 is 0 Å². The van der Waals surface area contributed by atoms with Crippen LogP contribution in [0.3, 0.4) is 0 Å². The highest BCUT2D eigenvalue weighted by atomic mass is 16.5. The van der Waals surface area contributed by atoms with Crippen molar-refractivity contribution in [3.05, 3.63) is 109 Å². The molecule has 1 aliphatic carbocycles. The highest BCUT2D eigenvalue weighted by Crippen LogP contribution is 2.27. The molecule has 2 heterocycles. The molecular weight excluding hydrogens is 488 g/mol. The number of aliphatic hydroxyl groups excluding tert-OH is 1. The Labute approximate surface area is 227 Å². The Morgan fingerprint density at radius 3 is 2.74 bits per heavy atom. The average molecular weight is 517 g/mol. The lowest BCUT2D eigenvalue weighted by Crippen LogP contribution is -2.22. The summed E-state index contributed by atoms with van der Waals surface area (Å²) in [7, 11) is 0. The molecule has 8 heteroatoms. The SMILES string of the molecule is C#Cc1cccc(C(=C/C=C)/N=C2\C(=C)N=NN2Cc2cccc(-c3ncc(OC4CCC(O)C4)cn3)c2)c1. The predicted molar refractivity (Wildman–Crippen MR) is 151 cm³/mol. The molecule has 3 aromatic rings. The van der Waals surface area contributed by atoms with Gasteiger partial charge < -0.3 is 9.84 Å². The standard InChI is InChI=1S/C31H28N6O2/c1-4-8-29(24-11-6-9-22(5-2)15-24)34-31-21(3)35-36-37(31)20-23-10-7-12-25(16-23)30-32-18-28(19-33-30)39-27-14-13-26(38)17-27/h2,4,6-12,15-16,18-19,26-27,38H,1,3,13-14,17,20H2/b29-8-,34-31+. The Hall–Kier alpha value is -4.87. The number of aromatic nitrogens is 2. The van der Waals surface area contributed by atoms with Crippen LogP contribution in [0.5, 0.6) is 5.75 Å². The second-order valence-electron chi connectivity index (χ2n) is 9.29. The fourth-order valence-electron chi connectivity index (χ4n) is 4.49. The number of nitrogens with zero attached hydrogens (tertiary/aromatic N) is 6. The fourth-order valence-corrected chi connectivity index (χ4v) is 4.49. The maximum Gasteiger partial charge on any atom is 0.178 e. The van der Waals surface area contributed by atoms with Crippen LogP contribution in [-0.2, 0) is 6.54 Å². The Balaban J connectivity index is 1.33. The summed E-state index contributed by atoms with van der Waals surface area (Å²) in [6.07, 6.45) is 14.4. The summed E-state index contributed by atoms with van der Waals surface area (Å²) in [5.41, 5.74) is 4.58. The van der Waals surface area contributed by atoms with E-state index >= 15 is 0 Å². The number of terminal acetylenes is 1. The van der Waals surface area contributed by atoms with Crippen molar-refractivity contribution in [1.82, 2.24) is 15.0 Å². The summed E-state index contributed by atoms with van der Waals surface area (Å²) < 4.78 is 5.91. The van der Waals surface area contributed by atoms with Crippen molar-refractivity contribution in [1.29, 1.82) is 0 Å². The number of rotatable bonds is 8. The molecule has 0 radical (unpaired) electrons. The van der Waals surface area contributed by atoms with Crippen molar-refractivity contribution in [3.8, 4) is 29.5 Å². The second-order valence-corrected chi connectivity index (χ2v) is 9.29. The van der Waals surface area contributed by atoms with E-state index in [0.29, 0.717) is 41.8 Å². The van der Waals surface area contributed by atoms with E-state index in [1.54, 1.807) is 23.5 Å². The van der Waals surface area contributed by atoms with E-state index in [-0.39, 0.29) is 12.2 Å². The molecule has 0 amide bonds. The van der Waals surface area contributed by atoms with E-state index in [9.17, 15) is 5.11 Å². The average Bonchev–Trinajstić information content (AvgIpc) is 3.53. The molecule has 1 N–H and O–H groups in total. The fraction of sp³-hybridized carbons (Fsp3) is 0.194. The topological polar surface area (TPSA) is 95.6 Å². The van der Waals surface area contributed by atoms with E-state index in [1.807, 2.05) is 54.6 Å². The minimum Gasteiger partial charge on any atom is -0.487 e. The first-order chi connectivity index (χ1) is 19.0. The minimum atomic E-state index is -0.292. The maximum absolute atomic E-state index is 9.72. The number of aliphatic hydroxyl groups is 1. The molecule has 2 atom stereocenters. The zero-order chi connectivity index (χ0) is 27.2. The van der Waals surface area contributed by atoms with Gasteiger partial charge in [0.15, 0.2) is 17.4 Å². The van der Waals surface area contributed by atoms with E-state index in [0.717, 1.165) is 35.1 Å². The van der Waals surface area contributed by atoms with Crippen LogP contribution in [0, 0.1) is 12.3 Å². The molecular formula is C31H28N6O2. The maximum atomic E-state index is 9.72. The Morgan fingerprint density at radius 1 is 1.18 bits per heavy atom. The van der Waals surface area contributed by atoms with Gasteiger partial charge in [-0.05, 0) is 42.7 Å². The Kier molecular flexibility index (Phi) is 7.71. The van der Waals surface area contributed by atoms with Crippen LogP contribution < -0.4 is 4.74 Å². The van der Waals surface area contributed by atoms with Crippen molar-refractivity contribution < 1.29 is 9.84 Å². The normalized spacial score (nSPS) is 19.9. The van der Waals surface area contributed by atoms with Crippen molar-refractivity contribution in [3.63, 3.8) is 0 Å². The molecule has 1 fully saturated rings. The number of aliphatic imine (C=N–C) groups is 1. The van der Waals surface area contributed by atoms with Gasteiger partial charge in [-0.1, -0.05) is 60.7 Å². The first kappa shape index (κ1) is 25.8. The van der Waals surface area contributed by atoms with Crippen molar-refractivity contribution in [2.24, 2.45) is 15.3 Å². The van der Waals surface area contributed by atoms with Gasteiger partial charge in [0.1, 0.15) is 11.8 Å². The molecule has 1 aromatic heterocycles. The zero-order valence-corrected chi connectivity index (χ0v) is 21.4. The monoisotopic (exact) mass is 516 g/mol. The number of ether oxygens (including phenoxy) is 1. The molecule has 39 heavy (non-hydrogen) atoms. The van der Waals surface area contributed by atoms with Gasteiger partial charge in [0, 0.05) is 23.1 Å². The third-order valence-electron chi connectivity index (χ3n) is 6.41. The van der Waals surface area contributed by atoms with Gasteiger partial charge in [-0.3, -0.25) is 0 Å². The Morgan fingerprint density at radius 2 is 2.00 bits per heavy atom. The lowest BCUT2D eigenvalue weighted by molar-refractivity contribution is 0.149. The van der Waals surface area contributed by atoms with Crippen LogP contribution in [0.1, 0.15) is 36.0 Å². The number of hydrogen-bond acceptors (Lipinski definition) is 7. The predicted octanol–water partition coefficient (Wildman–Crippen LogP) is 5.74. The lowest BCUT2D eigenvalue weighted by atomic mass is 10.1. The molecule has 0 bridgehead atoms. The molecule has 8 nitrogen and oxygen atoms in total. The summed E-state index contributed by atoms with van der Waals surface area (Å²) in [4.78, 5) is 13.8. The van der Waals surface area contributed by atoms with Crippen molar-refractivity contribution >= 4 is 11.5 Å². The van der Waals surface area contributed by atoms with Gasteiger partial charge in [-0.25, -0.2) is 20.0 Å². The van der Waals surface area contributed by atoms with Crippen LogP contribution in [-0.4, -0.2) is 38.1 Å². The first-order valence-electron chi connectivity index (χ1n) is 12.7. The molecule has 2 unspecified atom stereocenters. The third-order valence-corrected chi connectivity index (χ3v) is 6.41. The number of hydrogen-bond donors (Lipinski definition) is 1. The third kappa shape index (κ3) is 6.17. The van der Waals surface area contributed by atoms with Crippen LogP contribution >= 0.6 is 0 Å². The molecule has 2 aromatic carbocycles. The van der Waals surface area contributed by atoms with Gasteiger partial charge in [0.05, 0.1) is 30.7 Å². The largest absolute Gasteiger partial charge is 0.487 e. The van der Waals surface area contributed by atoms with E-state index in [4.69, 9.17) is 16.2 Å². The molecule has 194 valence electrons. The summed E-state index contributed by atoms with van der Waals surface area (Å²) in [5, 5.41) is 19.9. The van der Waals surface area contributed by atoms with Crippen LogP contribution in [0.15, 0.2) is 107 Å².